The topological polar surface area (TPSA) is 177 Å². The molecular weight excluding hydrogens is 424 g/mol. The molecule has 33 heavy (non-hydrogen) atoms. The Kier molecular flexibility index (Phi) is 5.66. The lowest BCUT2D eigenvalue weighted by atomic mass is 10.0. The van der Waals surface area contributed by atoms with E-state index in [1.54, 1.807) is 36.4 Å². The van der Waals surface area contributed by atoms with Crippen molar-refractivity contribution in [3.05, 3.63) is 77.9 Å². The number of amides is 2. The number of aromatic hydroxyl groups is 2. The third-order valence-electron chi connectivity index (χ3n) is 4.79. The minimum atomic E-state index is -0.765. The predicted molar refractivity (Wildman–Crippen MR) is 120 cm³/mol. The van der Waals surface area contributed by atoms with E-state index in [1.165, 1.54) is 30.3 Å². The Bertz CT molecular complexity index is 1330. The number of benzene rings is 3. The van der Waals surface area contributed by atoms with Crippen LogP contribution in [-0.4, -0.2) is 37.0 Å². The zero-order valence-corrected chi connectivity index (χ0v) is 17.1. The molecular formula is C23H18N6O4. The number of carbonyl (C=O) groups excluding carboxylic acids is 2. The molecule has 4 rings (SSSR count). The highest BCUT2D eigenvalue weighted by atomic mass is 16.3. The van der Waals surface area contributed by atoms with Crippen molar-refractivity contribution in [2.45, 2.75) is 0 Å². The smallest absolute Gasteiger partial charge is 0.265 e. The van der Waals surface area contributed by atoms with Crippen molar-refractivity contribution in [3.63, 3.8) is 0 Å². The molecule has 164 valence electrons. The summed E-state index contributed by atoms with van der Waals surface area (Å²) < 4.78 is 0. The molecule has 0 saturated heterocycles. The van der Waals surface area contributed by atoms with Crippen molar-refractivity contribution >= 4 is 11.8 Å². The first-order valence-electron chi connectivity index (χ1n) is 9.66. The van der Waals surface area contributed by atoms with Gasteiger partial charge in [0.05, 0.1) is 11.1 Å². The van der Waals surface area contributed by atoms with Gasteiger partial charge < -0.3 is 15.9 Å². The Morgan fingerprint density at radius 3 is 1.70 bits per heavy atom. The third-order valence-corrected chi connectivity index (χ3v) is 4.79. The first-order valence-corrected chi connectivity index (χ1v) is 9.66. The van der Waals surface area contributed by atoms with Gasteiger partial charge in [-0.15, -0.1) is 0 Å². The minimum absolute atomic E-state index is 0.0414. The van der Waals surface area contributed by atoms with Gasteiger partial charge in [-0.25, -0.2) is 20.8 Å². The molecule has 0 bridgehead atoms. The summed E-state index contributed by atoms with van der Waals surface area (Å²) in [6.45, 7) is 0. The standard InChI is InChI=1S/C23H18N6O4/c24-19(32)12-9-13(11-14(10-12)23(33)29-25)20-26-21(15-5-1-3-7-17(15)30)28-22(27-20)16-6-2-4-8-18(16)31/h1-11,30-31H,25H2,(H2,24,32)(H,29,33). The van der Waals surface area contributed by atoms with E-state index in [9.17, 15) is 19.8 Å². The van der Waals surface area contributed by atoms with Crippen molar-refractivity contribution in [1.29, 1.82) is 0 Å². The highest BCUT2D eigenvalue weighted by molar-refractivity contribution is 6.00. The summed E-state index contributed by atoms with van der Waals surface area (Å²) in [6, 6.07) is 17.1. The normalized spacial score (nSPS) is 10.6. The molecule has 3 aromatic carbocycles. The van der Waals surface area contributed by atoms with Crippen LogP contribution in [0.15, 0.2) is 66.7 Å². The van der Waals surface area contributed by atoms with Gasteiger partial charge in [-0.05, 0) is 42.5 Å². The Balaban J connectivity index is 2.00. The van der Waals surface area contributed by atoms with Gasteiger partial charge in [-0.2, -0.15) is 0 Å². The molecule has 0 atom stereocenters. The Morgan fingerprint density at radius 1 is 0.727 bits per heavy atom. The molecule has 0 radical (unpaired) electrons. The summed E-state index contributed by atoms with van der Waals surface area (Å²) in [5.74, 6) is 4.02. The Morgan fingerprint density at radius 2 is 1.21 bits per heavy atom. The van der Waals surface area contributed by atoms with Gasteiger partial charge >= 0.3 is 0 Å². The zero-order chi connectivity index (χ0) is 23.5. The van der Waals surface area contributed by atoms with Gasteiger partial charge in [-0.1, -0.05) is 24.3 Å². The van der Waals surface area contributed by atoms with E-state index in [0.717, 1.165) is 0 Å². The lowest BCUT2D eigenvalue weighted by Crippen LogP contribution is -2.30. The Labute approximate surface area is 187 Å². The van der Waals surface area contributed by atoms with E-state index >= 15 is 0 Å². The number of phenolic OH excluding ortho intramolecular Hbond substituents is 2. The van der Waals surface area contributed by atoms with E-state index < -0.39 is 11.8 Å². The van der Waals surface area contributed by atoms with E-state index in [0.29, 0.717) is 11.1 Å². The number of aromatic nitrogens is 3. The molecule has 1 aromatic heterocycles. The molecule has 0 aliphatic carbocycles. The van der Waals surface area contributed by atoms with Crippen LogP contribution >= 0.6 is 0 Å². The minimum Gasteiger partial charge on any atom is -0.507 e. The fraction of sp³-hybridized carbons (Fsp3) is 0. The van der Waals surface area contributed by atoms with E-state index in [1.807, 2.05) is 5.43 Å². The summed E-state index contributed by atoms with van der Waals surface area (Å²) >= 11 is 0. The SMILES string of the molecule is NNC(=O)c1cc(C(N)=O)cc(-c2nc(-c3ccccc3O)nc(-c3ccccc3O)n2)c1. The van der Waals surface area contributed by atoms with Crippen molar-refractivity contribution in [2.75, 3.05) is 0 Å². The second kappa shape index (κ2) is 8.73. The summed E-state index contributed by atoms with van der Waals surface area (Å²) in [6.07, 6.45) is 0. The number of phenols is 2. The molecule has 1 heterocycles. The quantitative estimate of drug-likeness (QED) is 0.177. The van der Waals surface area contributed by atoms with Gasteiger partial charge in [-0.3, -0.25) is 15.0 Å². The summed E-state index contributed by atoms with van der Waals surface area (Å²) in [5, 5.41) is 20.7. The van der Waals surface area contributed by atoms with Gasteiger partial charge in [0, 0.05) is 16.7 Å². The number of primary amides is 1. The van der Waals surface area contributed by atoms with Crippen LogP contribution in [0.2, 0.25) is 0 Å². The van der Waals surface area contributed by atoms with E-state index in [4.69, 9.17) is 11.6 Å². The van der Waals surface area contributed by atoms with Gasteiger partial charge in [0.1, 0.15) is 11.5 Å². The predicted octanol–water partition coefficient (Wildman–Crippen LogP) is 1.99. The molecule has 4 aromatic rings. The molecule has 10 nitrogen and oxygen atoms in total. The first-order chi connectivity index (χ1) is 15.9. The molecule has 0 saturated carbocycles. The third kappa shape index (κ3) is 4.31. The van der Waals surface area contributed by atoms with Crippen LogP contribution < -0.4 is 17.0 Å². The number of nitrogens with two attached hydrogens (primary N) is 2. The Hall–Kier alpha value is -4.83. The fourth-order valence-electron chi connectivity index (χ4n) is 3.18. The van der Waals surface area contributed by atoms with Crippen molar-refractivity contribution in [1.82, 2.24) is 20.4 Å². The van der Waals surface area contributed by atoms with E-state index in [-0.39, 0.29) is 45.7 Å². The van der Waals surface area contributed by atoms with Crippen molar-refractivity contribution < 1.29 is 19.8 Å². The zero-order valence-electron chi connectivity index (χ0n) is 17.1. The molecule has 2 amide bonds. The van der Waals surface area contributed by atoms with Gasteiger partial charge in [0.25, 0.3) is 5.91 Å². The molecule has 0 aliphatic heterocycles. The monoisotopic (exact) mass is 442 g/mol. The van der Waals surface area contributed by atoms with E-state index in [2.05, 4.69) is 15.0 Å². The molecule has 10 heteroatoms. The van der Waals surface area contributed by atoms with Crippen LogP contribution in [0.4, 0.5) is 0 Å². The van der Waals surface area contributed by atoms with Crippen LogP contribution in [0, 0.1) is 0 Å². The number of nitrogens with one attached hydrogen (secondary N) is 1. The fourth-order valence-corrected chi connectivity index (χ4v) is 3.18. The number of hydrazine groups is 1. The summed E-state index contributed by atoms with van der Waals surface area (Å²) in [4.78, 5) is 37.3. The first kappa shape index (κ1) is 21.4. The largest absolute Gasteiger partial charge is 0.507 e. The lowest BCUT2D eigenvalue weighted by molar-refractivity contribution is 0.0953. The summed E-state index contributed by atoms with van der Waals surface area (Å²) in [7, 11) is 0. The highest BCUT2D eigenvalue weighted by Gasteiger charge is 2.18. The van der Waals surface area contributed by atoms with Gasteiger partial charge in [0.15, 0.2) is 17.5 Å². The average molecular weight is 442 g/mol. The number of nitrogens with zero attached hydrogens (tertiary/aromatic N) is 3. The maximum atomic E-state index is 12.1. The number of hydrogen-bond acceptors (Lipinski definition) is 8. The second-order valence-electron chi connectivity index (χ2n) is 6.98. The maximum Gasteiger partial charge on any atom is 0.265 e. The van der Waals surface area contributed by atoms with Crippen LogP contribution in [0.5, 0.6) is 11.5 Å². The molecule has 0 unspecified atom stereocenters. The number of hydrogen-bond donors (Lipinski definition) is 5. The number of nitrogen functional groups attached to an aromatic ring is 1. The molecule has 0 spiro atoms. The highest BCUT2D eigenvalue weighted by Crippen LogP contribution is 2.32. The van der Waals surface area contributed by atoms with Crippen molar-refractivity contribution in [2.24, 2.45) is 11.6 Å². The van der Waals surface area contributed by atoms with Crippen LogP contribution in [0.3, 0.4) is 0 Å². The maximum absolute atomic E-state index is 12.1. The summed E-state index contributed by atoms with van der Waals surface area (Å²) in [5.41, 5.74) is 8.47. The lowest BCUT2D eigenvalue weighted by Gasteiger charge is -2.11. The average Bonchev–Trinajstić information content (AvgIpc) is 2.83. The van der Waals surface area contributed by atoms with Crippen molar-refractivity contribution in [3.8, 4) is 45.7 Å². The molecule has 0 aliphatic rings. The molecule has 0 fully saturated rings. The second-order valence-corrected chi connectivity index (χ2v) is 6.98. The van der Waals surface area contributed by atoms with Crippen LogP contribution in [0.1, 0.15) is 20.7 Å². The number of rotatable bonds is 5. The number of carbonyl (C=O) groups is 2. The van der Waals surface area contributed by atoms with Gasteiger partial charge in [0.2, 0.25) is 5.91 Å². The van der Waals surface area contributed by atoms with Crippen LogP contribution in [0.25, 0.3) is 34.2 Å². The molecule has 7 N–H and O–H groups in total. The number of para-hydroxylation sites is 2. The van der Waals surface area contributed by atoms with Crippen LogP contribution in [-0.2, 0) is 0 Å².